The highest BCUT2D eigenvalue weighted by Crippen LogP contribution is 2.23. The van der Waals surface area contributed by atoms with Gasteiger partial charge >= 0.3 is 0 Å². The zero-order valence-corrected chi connectivity index (χ0v) is 11.9. The van der Waals surface area contributed by atoms with Gasteiger partial charge in [0.15, 0.2) is 0 Å². The van der Waals surface area contributed by atoms with Crippen molar-refractivity contribution in [2.45, 2.75) is 5.88 Å². The van der Waals surface area contributed by atoms with Crippen molar-refractivity contribution in [2.75, 3.05) is 5.32 Å². The number of benzene rings is 2. The van der Waals surface area contributed by atoms with E-state index >= 15 is 0 Å². The smallest absolute Gasteiger partial charge is 0.255 e. The van der Waals surface area contributed by atoms with Crippen molar-refractivity contribution in [1.82, 2.24) is 0 Å². The summed E-state index contributed by atoms with van der Waals surface area (Å²) in [5, 5.41) is 11.8. The van der Waals surface area contributed by atoms with Crippen molar-refractivity contribution >= 4 is 34.8 Å². The number of nitrogens with one attached hydrogen (secondary N) is 1. The van der Waals surface area contributed by atoms with E-state index in [2.05, 4.69) is 5.32 Å². The summed E-state index contributed by atoms with van der Waals surface area (Å²) in [6.45, 7) is 0. The minimum Gasteiger partial charge on any atom is -0.321 e. The lowest BCUT2D eigenvalue weighted by Gasteiger charge is -2.08. The van der Waals surface area contributed by atoms with Gasteiger partial charge in [-0.1, -0.05) is 23.7 Å². The van der Waals surface area contributed by atoms with Crippen LogP contribution in [0, 0.1) is 11.3 Å². The van der Waals surface area contributed by atoms with E-state index in [1.165, 1.54) is 6.07 Å². The van der Waals surface area contributed by atoms with E-state index in [4.69, 9.17) is 28.5 Å². The van der Waals surface area contributed by atoms with Crippen LogP contribution in [0.2, 0.25) is 5.02 Å². The van der Waals surface area contributed by atoms with Gasteiger partial charge in [0.2, 0.25) is 0 Å². The van der Waals surface area contributed by atoms with E-state index < -0.39 is 0 Å². The van der Waals surface area contributed by atoms with Crippen molar-refractivity contribution in [3.05, 3.63) is 64.2 Å². The fourth-order valence-electron chi connectivity index (χ4n) is 1.68. The highest BCUT2D eigenvalue weighted by molar-refractivity contribution is 6.34. The average Bonchev–Trinajstić information content (AvgIpc) is 2.49. The Kier molecular flexibility index (Phi) is 4.62. The van der Waals surface area contributed by atoms with Gasteiger partial charge in [-0.3, -0.25) is 4.79 Å². The molecule has 100 valence electrons. The van der Waals surface area contributed by atoms with Crippen LogP contribution in [0.25, 0.3) is 0 Å². The molecule has 2 rings (SSSR count). The normalized spacial score (nSPS) is 9.85. The van der Waals surface area contributed by atoms with Gasteiger partial charge in [0.25, 0.3) is 5.91 Å². The van der Waals surface area contributed by atoms with Crippen LogP contribution in [0.5, 0.6) is 0 Å². The van der Waals surface area contributed by atoms with Crippen LogP contribution in [-0.2, 0) is 5.88 Å². The summed E-state index contributed by atoms with van der Waals surface area (Å²) < 4.78 is 0. The van der Waals surface area contributed by atoms with E-state index in [1.54, 1.807) is 30.3 Å². The molecule has 0 atom stereocenters. The molecule has 3 nitrogen and oxygen atoms in total. The molecule has 0 aliphatic rings. The van der Waals surface area contributed by atoms with Gasteiger partial charge in [-0.05, 0) is 35.9 Å². The SMILES string of the molecule is N#Cc1ccc(NC(=O)c2cccc(CCl)c2)c(Cl)c1. The Hall–Kier alpha value is -2.02. The quantitative estimate of drug-likeness (QED) is 0.864. The second-order valence-electron chi connectivity index (χ2n) is 4.09. The van der Waals surface area contributed by atoms with Gasteiger partial charge in [0, 0.05) is 11.4 Å². The highest BCUT2D eigenvalue weighted by atomic mass is 35.5. The molecule has 20 heavy (non-hydrogen) atoms. The molecule has 0 aliphatic carbocycles. The molecule has 1 N–H and O–H groups in total. The molecule has 0 aliphatic heterocycles. The van der Waals surface area contributed by atoms with Crippen LogP contribution in [0.3, 0.4) is 0 Å². The fourth-order valence-corrected chi connectivity index (χ4v) is 2.07. The molecule has 0 saturated heterocycles. The van der Waals surface area contributed by atoms with Crippen LogP contribution in [0.1, 0.15) is 21.5 Å². The summed E-state index contributed by atoms with van der Waals surface area (Å²) in [5.74, 6) is 0.0715. The largest absolute Gasteiger partial charge is 0.321 e. The molecule has 0 aromatic heterocycles. The van der Waals surface area contributed by atoms with E-state index in [1.807, 2.05) is 12.1 Å². The van der Waals surface area contributed by atoms with E-state index in [-0.39, 0.29) is 5.91 Å². The third kappa shape index (κ3) is 3.30. The maximum absolute atomic E-state index is 12.1. The molecule has 1 amide bonds. The summed E-state index contributed by atoms with van der Waals surface area (Å²) in [6.07, 6.45) is 0. The molecular formula is C15H10Cl2N2O. The number of nitrogens with zero attached hydrogens (tertiary/aromatic N) is 1. The number of alkyl halides is 1. The first-order chi connectivity index (χ1) is 9.63. The van der Waals surface area contributed by atoms with Gasteiger partial charge in [-0.2, -0.15) is 5.26 Å². The standard InChI is InChI=1S/C15H10Cl2N2O/c16-8-10-2-1-3-12(6-10)15(20)19-14-5-4-11(9-18)7-13(14)17/h1-7H,8H2,(H,19,20). The lowest BCUT2D eigenvalue weighted by atomic mass is 10.1. The molecule has 0 bridgehead atoms. The average molecular weight is 305 g/mol. The topological polar surface area (TPSA) is 52.9 Å². The first-order valence-corrected chi connectivity index (χ1v) is 6.71. The number of nitriles is 1. The fraction of sp³-hybridized carbons (Fsp3) is 0.0667. The minimum atomic E-state index is -0.274. The third-order valence-corrected chi connectivity index (χ3v) is 3.31. The first kappa shape index (κ1) is 14.4. The summed E-state index contributed by atoms with van der Waals surface area (Å²) in [7, 11) is 0. The summed E-state index contributed by atoms with van der Waals surface area (Å²) >= 11 is 11.8. The van der Waals surface area contributed by atoms with Crippen molar-refractivity contribution in [3.8, 4) is 6.07 Å². The van der Waals surface area contributed by atoms with Crippen LogP contribution < -0.4 is 5.32 Å². The summed E-state index contributed by atoms with van der Waals surface area (Å²) in [6, 6.07) is 13.7. The Labute approximate surface area is 126 Å². The highest BCUT2D eigenvalue weighted by Gasteiger charge is 2.09. The van der Waals surface area contributed by atoms with Crippen molar-refractivity contribution < 1.29 is 4.79 Å². The van der Waals surface area contributed by atoms with Gasteiger partial charge in [-0.15, -0.1) is 11.6 Å². The van der Waals surface area contributed by atoms with Gasteiger partial charge in [0.1, 0.15) is 0 Å². The van der Waals surface area contributed by atoms with Crippen molar-refractivity contribution in [1.29, 1.82) is 5.26 Å². The van der Waals surface area contributed by atoms with E-state index in [9.17, 15) is 4.79 Å². The van der Waals surface area contributed by atoms with Gasteiger partial charge in [0.05, 0.1) is 22.3 Å². The Morgan fingerprint density at radius 1 is 1.25 bits per heavy atom. The molecular weight excluding hydrogens is 295 g/mol. The molecule has 0 fully saturated rings. The van der Waals surface area contributed by atoms with Crippen molar-refractivity contribution in [2.24, 2.45) is 0 Å². The van der Waals surface area contributed by atoms with Crippen LogP contribution >= 0.6 is 23.2 Å². The second kappa shape index (κ2) is 6.42. The zero-order valence-electron chi connectivity index (χ0n) is 10.4. The lowest BCUT2D eigenvalue weighted by Crippen LogP contribution is -2.12. The molecule has 5 heteroatoms. The molecule has 2 aromatic rings. The lowest BCUT2D eigenvalue weighted by molar-refractivity contribution is 0.102. The summed E-state index contributed by atoms with van der Waals surface area (Å²) in [4.78, 5) is 12.1. The number of carbonyl (C=O) groups excluding carboxylic acids is 1. The molecule has 0 radical (unpaired) electrons. The van der Waals surface area contributed by atoms with E-state index in [0.717, 1.165) is 5.56 Å². The van der Waals surface area contributed by atoms with Gasteiger partial charge < -0.3 is 5.32 Å². The number of anilines is 1. The maximum Gasteiger partial charge on any atom is 0.255 e. The summed E-state index contributed by atoms with van der Waals surface area (Å²) in [5.41, 5.74) is 2.28. The Bertz CT molecular complexity index is 693. The maximum atomic E-state index is 12.1. The Morgan fingerprint density at radius 3 is 2.70 bits per heavy atom. The molecule has 0 heterocycles. The number of halogens is 2. The molecule has 2 aromatic carbocycles. The number of amides is 1. The number of hydrogen-bond acceptors (Lipinski definition) is 2. The Balaban J connectivity index is 2.21. The van der Waals surface area contributed by atoms with Gasteiger partial charge in [-0.25, -0.2) is 0 Å². The molecule has 0 spiro atoms. The second-order valence-corrected chi connectivity index (χ2v) is 4.77. The van der Waals surface area contributed by atoms with Crippen LogP contribution in [-0.4, -0.2) is 5.91 Å². The minimum absolute atomic E-state index is 0.274. The number of hydrogen-bond donors (Lipinski definition) is 1. The first-order valence-electron chi connectivity index (χ1n) is 5.80. The Morgan fingerprint density at radius 2 is 2.05 bits per heavy atom. The number of carbonyl (C=O) groups is 1. The van der Waals surface area contributed by atoms with E-state index in [0.29, 0.717) is 27.7 Å². The third-order valence-electron chi connectivity index (χ3n) is 2.69. The molecule has 0 unspecified atom stereocenters. The van der Waals surface area contributed by atoms with Crippen molar-refractivity contribution in [3.63, 3.8) is 0 Å². The monoisotopic (exact) mass is 304 g/mol. The number of rotatable bonds is 3. The predicted molar refractivity (Wildman–Crippen MR) is 80.1 cm³/mol. The molecule has 0 saturated carbocycles. The predicted octanol–water partition coefficient (Wildman–Crippen LogP) is 4.20. The van der Waals surface area contributed by atoms with Crippen LogP contribution in [0.4, 0.5) is 5.69 Å². The van der Waals surface area contributed by atoms with Crippen LogP contribution in [0.15, 0.2) is 42.5 Å². The zero-order chi connectivity index (χ0) is 14.5.